The van der Waals surface area contributed by atoms with Gasteiger partial charge in [-0.25, -0.2) is 0 Å². The Hall–Kier alpha value is -1.43. The molecule has 1 aliphatic heterocycles. The minimum absolute atomic E-state index is 0.255. The van der Waals surface area contributed by atoms with Crippen LogP contribution in [-0.2, 0) is 9.47 Å². The summed E-state index contributed by atoms with van der Waals surface area (Å²) in [6.07, 6.45) is 0.440. The van der Waals surface area contributed by atoms with Gasteiger partial charge >= 0.3 is 0 Å². The quantitative estimate of drug-likeness (QED) is 0.786. The summed E-state index contributed by atoms with van der Waals surface area (Å²) in [5.41, 5.74) is 0. The van der Waals surface area contributed by atoms with Crippen molar-refractivity contribution < 1.29 is 18.7 Å². The molecule has 2 aromatic heterocycles. The van der Waals surface area contributed by atoms with Crippen molar-refractivity contribution in [2.24, 2.45) is 0 Å². The molecule has 0 bridgehead atoms. The minimum Gasteiger partial charge on any atom is -0.452 e. The molecule has 1 fully saturated rings. The zero-order chi connectivity index (χ0) is 11.7. The van der Waals surface area contributed by atoms with Gasteiger partial charge in [0.1, 0.15) is 5.76 Å². The molecule has 4 nitrogen and oxygen atoms in total. The molecular weight excluding hydrogens is 240 g/mol. The van der Waals surface area contributed by atoms with Gasteiger partial charge in [-0.05, 0) is 24.3 Å². The predicted molar refractivity (Wildman–Crippen MR) is 62.1 cm³/mol. The van der Waals surface area contributed by atoms with E-state index in [2.05, 4.69) is 0 Å². The van der Waals surface area contributed by atoms with Crippen LogP contribution in [0.15, 0.2) is 28.7 Å². The molecule has 3 heterocycles. The first kappa shape index (κ1) is 10.7. The zero-order valence-corrected chi connectivity index (χ0v) is 9.74. The summed E-state index contributed by atoms with van der Waals surface area (Å²) in [5, 5.41) is 0. The Balaban J connectivity index is 1.86. The van der Waals surface area contributed by atoms with Crippen molar-refractivity contribution in [2.75, 3.05) is 13.2 Å². The molecule has 1 saturated heterocycles. The Morgan fingerprint density at radius 1 is 1.18 bits per heavy atom. The van der Waals surface area contributed by atoms with Crippen molar-refractivity contribution in [1.29, 1.82) is 0 Å². The van der Waals surface area contributed by atoms with Gasteiger partial charge < -0.3 is 13.9 Å². The van der Waals surface area contributed by atoms with Crippen LogP contribution in [0.25, 0.3) is 10.6 Å². The Morgan fingerprint density at radius 2 is 2.00 bits per heavy atom. The van der Waals surface area contributed by atoms with Crippen LogP contribution in [0.3, 0.4) is 0 Å². The van der Waals surface area contributed by atoms with Gasteiger partial charge in [0.2, 0.25) is 0 Å². The molecule has 17 heavy (non-hydrogen) atoms. The zero-order valence-electron chi connectivity index (χ0n) is 8.92. The first-order valence-corrected chi connectivity index (χ1v) is 6.07. The van der Waals surface area contributed by atoms with Crippen LogP contribution in [0.5, 0.6) is 0 Å². The second-order valence-corrected chi connectivity index (χ2v) is 4.71. The number of aldehydes is 1. The Labute approximate surface area is 102 Å². The van der Waals surface area contributed by atoms with Crippen LogP contribution in [0.1, 0.15) is 21.7 Å². The third-order valence-electron chi connectivity index (χ3n) is 2.47. The van der Waals surface area contributed by atoms with Crippen molar-refractivity contribution in [1.82, 2.24) is 0 Å². The van der Waals surface area contributed by atoms with Gasteiger partial charge in [-0.1, -0.05) is 0 Å². The van der Waals surface area contributed by atoms with E-state index in [1.54, 1.807) is 23.5 Å². The standard InChI is InChI=1S/C12H10O4S/c13-7-8-1-2-9(16-8)10-3-4-11(17-10)12-14-5-6-15-12/h1-4,7,12H,5-6H2. The van der Waals surface area contributed by atoms with Gasteiger partial charge in [-0.3, -0.25) is 4.79 Å². The van der Waals surface area contributed by atoms with Crippen LogP contribution in [-0.4, -0.2) is 19.5 Å². The van der Waals surface area contributed by atoms with Crippen LogP contribution in [0, 0.1) is 0 Å². The van der Waals surface area contributed by atoms with Crippen molar-refractivity contribution in [2.45, 2.75) is 6.29 Å². The van der Waals surface area contributed by atoms with E-state index in [0.29, 0.717) is 31.0 Å². The van der Waals surface area contributed by atoms with Crippen molar-refractivity contribution in [3.8, 4) is 10.6 Å². The molecule has 0 spiro atoms. The highest BCUT2D eigenvalue weighted by atomic mass is 32.1. The average Bonchev–Trinajstić information content (AvgIpc) is 3.09. The Kier molecular flexibility index (Phi) is 2.80. The number of rotatable bonds is 3. The van der Waals surface area contributed by atoms with Crippen LogP contribution >= 0.6 is 11.3 Å². The number of hydrogen-bond donors (Lipinski definition) is 0. The van der Waals surface area contributed by atoms with Gasteiger partial charge in [-0.2, -0.15) is 0 Å². The molecule has 0 radical (unpaired) electrons. The summed E-state index contributed by atoms with van der Waals surface area (Å²) in [6.45, 7) is 1.27. The van der Waals surface area contributed by atoms with Crippen LogP contribution in [0.4, 0.5) is 0 Å². The predicted octanol–water partition coefficient (Wildman–Crippen LogP) is 2.87. The molecule has 0 saturated carbocycles. The van der Waals surface area contributed by atoms with E-state index in [0.717, 1.165) is 9.75 Å². The van der Waals surface area contributed by atoms with E-state index in [-0.39, 0.29) is 6.29 Å². The fraction of sp³-hybridized carbons (Fsp3) is 0.250. The molecular formula is C12H10O4S. The Bertz CT molecular complexity index is 522. The van der Waals surface area contributed by atoms with Crippen LogP contribution in [0.2, 0.25) is 0 Å². The third kappa shape index (κ3) is 2.04. The lowest BCUT2D eigenvalue weighted by atomic mass is 10.3. The third-order valence-corrected chi connectivity index (χ3v) is 3.59. The van der Waals surface area contributed by atoms with Crippen molar-refractivity contribution in [3.05, 3.63) is 34.9 Å². The molecule has 0 atom stereocenters. The highest BCUT2D eigenvalue weighted by molar-refractivity contribution is 7.15. The fourth-order valence-electron chi connectivity index (χ4n) is 1.68. The van der Waals surface area contributed by atoms with E-state index in [1.165, 1.54) is 0 Å². The maximum atomic E-state index is 10.5. The summed E-state index contributed by atoms with van der Waals surface area (Å²) >= 11 is 1.55. The highest BCUT2D eigenvalue weighted by Crippen LogP contribution is 2.35. The molecule has 3 rings (SSSR count). The van der Waals surface area contributed by atoms with E-state index in [1.807, 2.05) is 12.1 Å². The number of carbonyl (C=O) groups is 1. The number of thiophene rings is 1. The topological polar surface area (TPSA) is 48.7 Å². The lowest BCUT2D eigenvalue weighted by Crippen LogP contribution is -1.93. The number of carbonyl (C=O) groups excluding carboxylic acids is 1. The first-order valence-electron chi connectivity index (χ1n) is 5.25. The van der Waals surface area contributed by atoms with E-state index >= 15 is 0 Å². The monoisotopic (exact) mass is 250 g/mol. The van der Waals surface area contributed by atoms with Gasteiger partial charge in [0.25, 0.3) is 0 Å². The van der Waals surface area contributed by atoms with E-state index in [9.17, 15) is 4.79 Å². The van der Waals surface area contributed by atoms with Crippen molar-refractivity contribution in [3.63, 3.8) is 0 Å². The molecule has 88 valence electrons. The summed E-state index contributed by atoms with van der Waals surface area (Å²) in [5.74, 6) is 1.03. The van der Waals surface area contributed by atoms with E-state index in [4.69, 9.17) is 13.9 Å². The second-order valence-electron chi connectivity index (χ2n) is 3.60. The van der Waals surface area contributed by atoms with Gasteiger partial charge in [0, 0.05) is 0 Å². The Morgan fingerprint density at radius 3 is 2.71 bits per heavy atom. The highest BCUT2D eigenvalue weighted by Gasteiger charge is 2.20. The molecule has 5 heteroatoms. The lowest BCUT2D eigenvalue weighted by molar-refractivity contribution is -0.0413. The number of hydrogen-bond acceptors (Lipinski definition) is 5. The summed E-state index contributed by atoms with van der Waals surface area (Å²) < 4.78 is 16.2. The second kappa shape index (κ2) is 4.44. The molecule has 0 aromatic carbocycles. The minimum atomic E-state index is -0.255. The largest absolute Gasteiger partial charge is 0.452 e. The van der Waals surface area contributed by atoms with Gasteiger partial charge in [0.05, 0.1) is 23.0 Å². The summed E-state index contributed by atoms with van der Waals surface area (Å²) in [7, 11) is 0. The first-order chi connectivity index (χ1) is 8.36. The molecule has 0 unspecified atom stereocenters. The smallest absolute Gasteiger partial charge is 0.193 e. The van der Waals surface area contributed by atoms with Crippen LogP contribution < -0.4 is 0 Å². The summed E-state index contributed by atoms with van der Waals surface area (Å²) in [6, 6.07) is 7.34. The average molecular weight is 250 g/mol. The van der Waals surface area contributed by atoms with E-state index < -0.39 is 0 Å². The summed E-state index contributed by atoms with van der Waals surface area (Å²) in [4.78, 5) is 12.5. The number of furan rings is 1. The molecule has 0 N–H and O–H groups in total. The molecule has 0 amide bonds. The maximum Gasteiger partial charge on any atom is 0.193 e. The normalized spacial score (nSPS) is 16.5. The SMILES string of the molecule is O=Cc1ccc(-c2ccc(C3OCCO3)s2)o1. The van der Waals surface area contributed by atoms with Gasteiger partial charge in [0.15, 0.2) is 18.3 Å². The molecule has 1 aliphatic rings. The lowest BCUT2D eigenvalue weighted by Gasteiger charge is -2.04. The molecule has 0 aliphatic carbocycles. The number of ether oxygens (including phenoxy) is 2. The fourth-order valence-corrected chi connectivity index (χ4v) is 2.65. The molecule has 2 aromatic rings. The van der Waals surface area contributed by atoms with Crippen molar-refractivity contribution >= 4 is 17.6 Å². The van der Waals surface area contributed by atoms with Gasteiger partial charge in [-0.15, -0.1) is 11.3 Å². The maximum absolute atomic E-state index is 10.5.